The van der Waals surface area contributed by atoms with Crippen LogP contribution in [0, 0.1) is 10.1 Å². The molecule has 24 heavy (non-hydrogen) atoms. The summed E-state index contributed by atoms with van der Waals surface area (Å²) < 4.78 is 4.13. The van der Waals surface area contributed by atoms with E-state index in [1.165, 1.54) is 24.3 Å². The molecule has 0 fully saturated rings. The summed E-state index contributed by atoms with van der Waals surface area (Å²) in [6.07, 6.45) is 0. The molecule has 7 nitrogen and oxygen atoms in total. The third kappa shape index (κ3) is 2.21. The first-order chi connectivity index (χ1) is 11.6. The largest absolute Gasteiger partial charge is 0.359 e. The van der Waals surface area contributed by atoms with E-state index >= 15 is 0 Å². The van der Waals surface area contributed by atoms with Crippen LogP contribution in [0.4, 0.5) is 11.6 Å². The Morgan fingerprint density at radius 1 is 1.21 bits per heavy atom. The van der Waals surface area contributed by atoms with E-state index in [-0.39, 0.29) is 18.0 Å². The smallest absolute Gasteiger partial charge is 0.291 e. The van der Waals surface area contributed by atoms with Gasteiger partial charge in [0.15, 0.2) is 5.78 Å². The number of para-hydroxylation sites is 2. The lowest BCUT2D eigenvalue weighted by Crippen LogP contribution is -2.29. The van der Waals surface area contributed by atoms with E-state index in [2.05, 4.69) is 9.88 Å². The number of fused-ring (bicyclic) bond motifs is 3. The Kier molecular flexibility index (Phi) is 3.26. The maximum absolute atomic E-state index is 12.6. The molecular weight excluding hydrogens is 308 g/mol. The average molecular weight is 323 g/mol. The second kappa shape index (κ2) is 5.45. The molecule has 0 amide bonds. The van der Waals surface area contributed by atoms with Crippen molar-refractivity contribution in [2.24, 2.45) is 0 Å². The lowest BCUT2D eigenvalue weighted by Gasteiger charge is -2.02. The molecule has 7 heteroatoms. The molecule has 1 aliphatic rings. The highest BCUT2D eigenvalue weighted by Gasteiger charge is 2.29. The van der Waals surface area contributed by atoms with Crippen molar-refractivity contribution in [2.75, 3.05) is 11.9 Å². The first-order valence-corrected chi connectivity index (χ1v) is 7.68. The number of nitrogens with zero attached hydrogens (tertiary/aromatic N) is 3. The number of Topliss-reactive ketones (excluding diaryl/α,β-unsaturated/α-hetero) is 1. The molecule has 0 saturated carbocycles. The van der Waals surface area contributed by atoms with Crippen molar-refractivity contribution in [3.63, 3.8) is 0 Å². The standard InChI is InChI=1S/C17H14N4O3/c22-16(12-5-7-13(8-6-12)21(23)24)11-20-15-4-2-1-3-14(15)19-10-9-18-17(19)20/h1-8H,9-11H2/p+1. The lowest BCUT2D eigenvalue weighted by molar-refractivity contribution is -0.644. The third-order valence-corrected chi connectivity index (χ3v) is 4.30. The van der Waals surface area contributed by atoms with Crippen LogP contribution in [-0.4, -0.2) is 21.8 Å². The van der Waals surface area contributed by atoms with Crippen LogP contribution in [-0.2, 0) is 13.1 Å². The Morgan fingerprint density at radius 3 is 2.71 bits per heavy atom. The van der Waals surface area contributed by atoms with Gasteiger partial charge in [0.1, 0.15) is 24.1 Å². The van der Waals surface area contributed by atoms with Crippen molar-refractivity contribution in [1.29, 1.82) is 0 Å². The molecule has 0 radical (unpaired) electrons. The fourth-order valence-electron chi connectivity index (χ4n) is 3.16. The quantitative estimate of drug-likeness (QED) is 0.345. The topological polar surface area (TPSA) is 81.0 Å². The van der Waals surface area contributed by atoms with Crippen molar-refractivity contribution in [1.82, 2.24) is 4.57 Å². The fraction of sp³-hybridized carbons (Fsp3) is 0.176. The first-order valence-electron chi connectivity index (χ1n) is 7.68. The number of aromatic nitrogens is 2. The van der Waals surface area contributed by atoms with Gasteiger partial charge in [0.2, 0.25) is 0 Å². The van der Waals surface area contributed by atoms with Gasteiger partial charge in [-0.3, -0.25) is 20.2 Å². The maximum Gasteiger partial charge on any atom is 0.359 e. The van der Waals surface area contributed by atoms with Crippen LogP contribution in [0.25, 0.3) is 11.0 Å². The Labute approximate surface area is 137 Å². The van der Waals surface area contributed by atoms with Gasteiger partial charge < -0.3 is 0 Å². The summed E-state index contributed by atoms with van der Waals surface area (Å²) in [6, 6.07) is 13.7. The fourth-order valence-corrected chi connectivity index (χ4v) is 3.16. The molecule has 0 atom stereocenters. The van der Waals surface area contributed by atoms with Crippen LogP contribution >= 0.6 is 0 Å². The number of non-ortho nitro benzene ring substituents is 1. The number of hydrogen-bond acceptors (Lipinski definition) is 4. The minimum atomic E-state index is -0.471. The normalized spacial score (nSPS) is 12.8. The molecule has 2 aromatic carbocycles. The van der Waals surface area contributed by atoms with E-state index in [0.29, 0.717) is 5.56 Å². The number of nitro groups is 1. The van der Waals surface area contributed by atoms with Crippen LogP contribution in [0.3, 0.4) is 0 Å². The predicted octanol–water partition coefficient (Wildman–Crippen LogP) is 2.15. The van der Waals surface area contributed by atoms with E-state index in [1.807, 2.05) is 28.8 Å². The Morgan fingerprint density at radius 2 is 1.96 bits per heavy atom. The van der Waals surface area contributed by atoms with Gasteiger partial charge in [0, 0.05) is 17.7 Å². The van der Waals surface area contributed by atoms with Crippen LogP contribution in [0.5, 0.6) is 0 Å². The predicted molar refractivity (Wildman–Crippen MR) is 88.0 cm³/mol. The molecule has 3 aromatic rings. The SMILES string of the molecule is O=C(Cn1c2[n+](c3ccccc31)CCN2)c1ccc([N+](=O)[O-])cc1. The van der Waals surface area contributed by atoms with Crippen LogP contribution in [0.15, 0.2) is 48.5 Å². The number of nitro benzene ring substituents is 1. The molecule has 0 unspecified atom stereocenters. The van der Waals surface area contributed by atoms with Crippen molar-refractivity contribution >= 4 is 28.5 Å². The van der Waals surface area contributed by atoms with Gasteiger partial charge in [-0.05, 0) is 24.3 Å². The van der Waals surface area contributed by atoms with E-state index in [4.69, 9.17) is 0 Å². The minimum absolute atomic E-state index is 0.0175. The van der Waals surface area contributed by atoms with Gasteiger partial charge in [-0.2, -0.15) is 0 Å². The number of anilines is 1. The van der Waals surface area contributed by atoms with Crippen LogP contribution in [0.1, 0.15) is 10.4 Å². The van der Waals surface area contributed by atoms with Crippen molar-refractivity contribution in [3.8, 4) is 0 Å². The summed E-state index contributed by atoms with van der Waals surface area (Å²) >= 11 is 0. The number of carbonyl (C=O) groups excluding carboxylic acids is 1. The Hall–Kier alpha value is -3.22. The van der Waals surface area contributed by atoms with Crippen molar-refractivity contribution in [3.05, 3.63) is 64.2 Å². The number of ketones is 1. The summed E-state index contributed by atoms with van der Waals surface area (Å²) in [5.74, 6) is 0.842. The molecule has 1 aliphatic heterocycles. The number of hydrogen-bond donors (Lipinski definition) is 1. The second-order valence-electron chi connectivity index (χ2n) is 5.70. The number of benzene rings is 2. The van der Waals surface area contributed by atoms with Crippen molar-refractivity contribution < 1.29 is 14.3 Å². The molecule has 0 spiro atoms. The maximum atomic E-state index is 12.6. The van der Waals surface area contributed by atoms with Crippen LogP contribution < -0.4 is 9.88 Å². The van der Waals surface area contributed by atoms with E-state index in [0.717, 1.165) is 30.1 Å². The summed E-state index contributed by atoms with van der Waals surface area (Å²) in [5.41, 5.74) is 2.54. The van der Waals surface area contributed by atoms with E-state index < -0.39 is 4.92 Å². The third-order valence-electron chi connectivity index (χ3n) is 4.30. The molecule has 2 heterocycles. The van der Waals surface area contributed by atoms with Gasteiger partial charge >= 0.3 is 5.95 Å². The highest BCUT2D eigenvalue weighted by molar-refractivity contribution is 5.97. The molecule has 0 aliphatic carbocycles. The first kappa shape index (κ1) is 14.4. The van der Waals surface area contributed by atoms with Gasteiger partial charge in [0.05, 0.1) is 11.5 Å². The second-order valence-corrected chi connectivity index (χ2v) is 5.70. The number of rotatable bonds is 4. The highest BCUT2D eigenvalue weighted by atomic mass is 16.6. The summed E-state index contributed by atoms with van der Waals surface area (Å²) in [6.45, 7) is 1.90. The Balaban J connectivity index is 1.69. The zero-order valence-corrected chi connectivity index (χ0v) is 12.8. The molecule has 4 rings (SSSR count). The summed E-state index contributed by atoms with van der Waals surface area (Å²) in [7, 11) is 0. The zero-order valence-electron chi connectivity index (χ0n) is 12.8. The average Bonchev–Trinajstić information content (AvgIpc) is 3.18. The van der Waals surface area contributed by atoms with Gasteiger partial charge in [0.25, 0.3) is 5.69 Å². The molecule has 0 bridgehead atoms. The molecule has 1 aromatic heterocycles. The minimum Gasteiger partial charge on any atom is -0.291 e. The van der Waals surface area contributed by atoms with Crippen molar-refractivity contribution in [2.45, 2.75) is 13.1 Å². The molecule has 120 valence electrons. The van der Waals surface area contributed by atoms with E-state index in [1.54, 1.807) is 0 Å². The monoisotopic (exact) mass is 323 g/mol. The molecule has 0 saturated heterocycles. The van der Waals surface area contributed by atoms with Gasteiger partial charge in [-0.1, -0.05) is 12.1 Å². The highest BCUT2D eigenvalue weighted by Crippen LogP contribution is 2.21. The Bertz CT molecular complexity index is 960. The number of nitrogens with one attached hydrogen (secondary N) is 1. The molecule has 1 N–H and O–H groups in total. The lowest BCUT2D eigenvalue weighted by atomic mass is 10.1. The summed E-state index contributed by atoms with van der Waals surface area (Å²) in [5, 5.41) is 14.0. The summed E-state index contributed by atoms with van der Waals surface area (Å²) in [4.78, 5) is 22.9. The molecular formula is C17H15N4O3+. The number of carbonyl (C=O) groups is 1. The van der Waals surface area contributed by atoms with E-state index in [9.17, 15) is 14.9 Å². The van der Waals surface area contributed by atoms with Gasteiger partial charge in [-0.25, -0.2) is 9.13 Å². The van der Waals surface area contributed by atoms with Gasteiger partial charge in [-0.15, -0.1) is 0 Å². The zero-order chi connectivity index (χ0) is 16.7. The van der Waals surface area contributed by atoms with Crippen LogP contribution in [0.2, 0.25) is 0 Å². The number of imidazole rings is 1.